The molecular formula is C7H13Cl. The molecule has 0 aliphatic heterocycles. The second kappa shape index (κ2) is 2.26. The zero-order valence-electron chi connectivity index (χ0n) is 5.52. The molecule has 48 valence electrons. The van der Waals surface area contributed by atoms with E-state index in [2.05, 4.69) is 13.8 Å². The lowest BCUT2D eigenvalue weighted by molar-refractivity contribution is 0.551. The monoisotopic (exact) mass is 132 g/mol. The standard InChI is InChI=1S/C7H13Cl/c1-5(2)7(8)6-3-4-6/h5-7H,3-4H2,1-2H3. The van der Waals surface area contributed by atoms with Crippen LogP contribution in [0, 0.1) is 11.8 Å². The number of hydrogen-bond donors (Lipinski definition) is 0. The maximum Gasteiger partial charge on any atom is 0.0387 e. The van der Waals surface area contributed by atoms with Crippen LogP contribution in [0.2, 0.25) is 0 Å². The Bertz CT molecular complexity index is 72.5. The summed E-state index contributed by atoms with van der Waals surface area (Å²) in [6.07, 6.45) is 2.73. The molecule has 1 atom stereocenters. The maximum absolute atomic E-state index is 6.01. The second-order valence-corrected chi connectivity index (χ2v) is 3.53. The van der Waals surface area contributed by atoms with Gasteiger partial charge in [0.05, 0.1) is 0 Å². The van der Waals surface area contributed by atoms with Gasteiger partial charge in [0, 0.05) is 5.38 Å². The van der Waals surface area contributed by atoms with Gasteiger partial charge in [0.15, 0.2) is 0 Å². The maximum atomic E-state index is 6.01. The van der Waals surface area contributed by atoms with Gasteiger partial charge in [-0.2, -0.15) is 0 Å². The second-order valence-electron chi connectivity index (χ2n) is 3.03. The minimum absolute atomic E-state index is 0.454. The van der Waals surface area contributed by atoms with Gasteiger partial charge in [-0.3, -0.25) is 0 Å². The fourth-order valence-electron chi connectivity index (χ4n) is 0.959. The third-order valence-corrected chi connectivity index (χ3v) is 2.57. The first-order chi connectivity index (χ1) is 3.72. The molecule has 0 aromatic carbocycles. The van der Waals surface area contributed by atoms with Crippen molar-refractivity contribution in [2.45, 2.75) is 32.1 Å². The fraction of sp³-hybridized carbons (Fsp3) is 1.00. The molecule has 1 rings (SSSR count). The van der Waals surface area contributed by atoms with Crippen LogP contribution in [0.3, 0.4) is 0 Å². The van der Waals surface area contributed by atoms with E-state index in [0.29, 0.717) is 11.3 Å². The van der Waals surface area contributed by atoms with E-state index in [1.165, 1.54) is 12.8 Å². The lowest BCUT2D eigenvalue weighted by atomic mass is 10.1. The number of halogens is 1. The van der Waals surface area contributed by atoms with Gasteiger partial charge in [-0.05, 0) is 24.7 Å². The summed E-state index contributed by atoms with van der Waals surface area (Å²) < 4.78 is 0. The van der Waals surface area contributed by atoms with Crippen LogP contribution in [0.4, 0.5) is 0 Å². The van der Waals surface area contributed by atoms with E-state index < -0.39 is 0 Å². The van der Waals surface area contributed by atoms with E-state index in [4.69, 9.17) is 11.6 Å². The summed E-state index contributed by atoms with van der Waals surface area (Å²) in [6, 6.07) is 0. The molecule has 8 heavy (non-hydrogen) atoms. The summed E-state index contributed by atoms with van der Waals surface area (Å²) >= 11 is 6.01. The van der Waals surface area contributed by atoms with Gasteiger partial charge in [-0.15, -0.1) is 11.6 Å². The van der Waals surface area contributed by atoms with Crippen LogP contribution >= 0.6 is 11.6 Å². The van der Waals surface area contributed by atoms with Gasteiger partial charge < -0.3 is 0 Å². The van der Waals surface area contributed by atoms with Crippen LogP contribution in [0.25, 0.3) is 0 Å². The van der Waals surface area contributed by atoms with E-state index in [0.717, 1.165) is 5.92 Å². The Kier molecular flexibility index (Phi) is 1.81. The SMILES string of the molecule is CC(C)C(Cl)C1CC1. The summed E-state index contributed by atoms with van der Waals surface area (Å²) in [6.45, 7) is 4.38. The first-order valence-corrected chi connectivity index (χ1v) is 3.79. The molecule has 0 amide bonds. The summed E-state index contributed by atoms with van der Waals surface area (Å²) in [5.74, 6) is 1.53. The number of alkyl halides is 1. The van der Waals surface area contributed by atoms with E-state index in [1.807, 2.05) is 0 Å². The Labute approximate surface area is 56.2 Å². The largest absolute Gasteiger partial charge is 0.122 e. The molecular weight excluding hydrogens is 120 g/mol. The molecule has 1 aliphatic carbocycles. The predicted octanol–water partition coefficient (Wildman–Crippen LogP) is 2.66. The third kappa shape index (κ3) is 1.38. The normalized spacial score (nSPS) is 24.0. The highest BCUT2D eigenvalue weighted by atomic mass is 35.5. The highest BCUT2D eigenvalue weighted by molar-refractivity contribution is 6.21. The lowest BCUT2D eigenvalue weighted by Crippen LogP contribution is -2.09. The van der Waals surface area contributed by atoms with E-state index >= 15 is 0 Å². The Morgan fingerprint density at radius 1 is 1.38 bits per heavy atom. The van der Waals surface area contributed by atoms with Crippen molar-refractivity contribution in [3.63, 3.8) is 0 Å². The highest BCUT2D eigenvalue weighted by Crippen LogP contribution is 2.38. The topological polar surface area (TPSA) is 0 Å². The van der Waals surface area contributed by atoms with Crippen molar-refractivity contribution in [3.8, 4) is 0 Å². The minimum atomic E-state index is 0.454. The zero-order chi connectivity index (χ0) is 6.15. The molecule has 0 N–H and O–H groups in total. The molecule has 0 saturated heterocycles. The quantitative estimate of drug-likeness (QED) is 0.507. The van der Waals surface area contributed by atoms with Crippen molar-refractivity contribution in [2.24, 2.45) is 11.8 Å². The Morgan fingerprint density at radius 2 is 1.88 bits per heavy atom. The summed E-state index contributed by atoms with van der Waals surface area (Å²) in [5, 5.41) is 0.454. The molecule has 1 fully saturated rings. The van der Waals surface area contributed by atoms with Crippen molar-refractivity contribution in [3.05, 3.63) is 0 Å². The predicted molar refractivity (Wildman–Crippen MR) is 37.2 cm³/mol. The first-order valence-electron chi connectivity index (χ1n) is 3.36. The van der Waals surface area contributed by atoms with Gasteiger partial charge in [-0.25, -0.2) is 0 Å². The van der Waals surface area contributed by atoms with E-state index in [-0.39, 0.29) is 0 Å². The van der Waals surface area contributed by atoms with Crippen molar-refractivity contribution in [2.75, 3.05) is 0 Å². The summed E-state index contributed by atoms with van der Waals surface area (Å²) in [5.41, 5.74) is 0. The third-order valence-electron chi connectivity index (χ3n) is 1.71. The van der Waals surface area contributed by atoms with Crippen molar-refractivity contribution >= 4 is 11.6 Å². The fourth-order valence-corrected chi connectivity index (χ4v) is 1.21. The average molecular weight is 133 g/mol. The molecule has 1 heteroatoms. The van der Waals surface area contributed by atoms with Gasteiger partial charge in [0.1, 0.15) is 0 Å². The van der Waals surface area contributed by atoms with Gasteiger partial charge >= 0.3 is 0 Å². The Hall–Kier alpha value is 0.290. The summed E-state index contributed by atoms with van der Waals surface area (Å²) in [7, 11) is 0. The van der Waals surface area contributed by atoms with Crippen LogP contribution in [0.15, 0.2) is 0 Å². The molecule has 1 saturated carbocycles. The summed E-state index contributed by atoms with van der Waals surface area (Å²) in [4.78, 5) is 0. The van der Waals surface area contributed by atoms with Crippen molar-refractivity contribution in [1.29, 1.82) is 0 Å². The average Bonchev–Trinajstić information content (AvgIpc) is 2.43. The molecule has 0 spiro atoms. The van der Waals surface area contributed by atoms with E-state index in [1.54, 1.807) is 0 Å². The molecule has 0 bridgehead atoms. The van der Waals surface area contributed by atoms with Gasteiger partial charge in [0.2, 0.25) is 0 Å². The molecule has 0 aromatic heterocycles. The molecule has 0 nitrogen and oxygen atoms in total. The number of rotatable bonds is 2. The van der Waals surface area contributed by atoms with E-state index in [9.17, 15) is 0 Å². The first kappa shape index (κ1) is 6.41. The van der Waals surface area contributed by atoms with Gasteiger partial charge in [-0.1, -0.05) is 13.8 Å². The lowest BCUT2D eigenvalue weighted by Gasteiger charge is -2.10. The van der Waals surface area contributed by atoms with Gasteiger partial charge in [0.25, 0.3) is 0 Å². The molecule has 0 radical (unpaired) electrons. The van der Waals surface area contributed by atoms with Crippen LogP contribution in [-0.2, 0) is 0 Å². The van der Waals surface area contributed by atoms with Crippen LogP contribution < -0.4 is 0 Å². The Balaban J connectivity index is 2.22. The van der Waals surface area contributed by atoms with Crippen LogP contribution in [0.1, 0.15) is 26.7 Å². The molecule has 0 heterocycles. The highest BCUT2D eigenvalue weighted by Gasteiger charge is 2.31. The smallest absolute Gasteiger partial charge is 0.0387 e. The molecule has 1 unspecified atom stereocenters. The van der Waals surface area contributed by atoms with Crippen LogP contribution in [-0.4, -0.2) is 5.38 Å². The zero-order valence-corrected chi connectivity index (χ0v) is 6.28. The van der Waals surface area contributed by atoms with Crippen molar-refractivity contribution < 1.29 is 0 Å². The molecule has 0 aromatic rings. The molecule has 1 aliphatic rings. The van der Waals surface area contributed by atoms with Crippen molar-refractivity contribution in [1.82, 2.24) is 0 Å². The van der Waals surface area contributed by atoms with Crippen LogP contribution in [0.5, 0.6) is 0 Å². The minimum Gasteiger partial charge on any atom is -0.122 e. The number of hydrogen-bond acceptors (Lipinski definition) is 0. The Morgan fingerprint density at radius 3 is 2.00 bits per heavy atom.